The second kappa shape index (κ2) is 10.8. The predicted molar refractivity (Wildman–Crippen MR) is 106 cm³/mol. The van der Waals surface area contributed by atoms with Gasteiger partial charge in [0.1, 0.15) is 11.9 Å². The van der Waals surface area contributed by atoms with Crippen molar-refractivity contribution in [3.8, 4) is 11.8 Å². The van der Waals surface area contributed by atoms with Crippen LogP contribution in [0.5, 0.6) is 5.75 Å². The van der Waals surface area contributed by atoms with Crippen molar-refractivity contribution in [2.45, 2.75) is 18.9 Å². The van der Waals surface area contributed by atoms with E-state index in [4.69, 9.17) is 14.7 Å². The number of ether oxygens (including phenoxy) is 2. The minimum Gasteiger partial charge on any atom is -0.508 e. The molecule has 2 N–H and O–H groups in total. The van der Waals surface area contributed by atoms with Crippen molar-refractivity contribution >= 4 is 30.4 Å². The second-order valence-corrected chi connectivity index (χ2v) is 6.14. The quantitative estimate of drug-likeness (QED) is 0.353. The van der Waals surface area contributed by atoms with E-state index < -0.39 is 18.2 Å². The summed E-state index contributed by atoms with van der Waals surface area (Å²) < 4.78 is 10.5. The molecule has 0 aliphatic carbocycles. The number of nitriles is 1. The van der Waals surface area contributed by atoms with Crippen LogP contribution in [0, 0.1) is 11.3 Å². The Morgan fingerprint density at radius 2 is 1.82 bits per heavy atom. The normalized spacial score (nSPS) is 11.1. The first-order valence-corrected chi connectivity index (χ1v) is 9.18. The SMILES string of the molecule is N#Cc1ccc(NC(=O)O[C@H](CCCOC(=O)CS)c2ccc(O)cc2)cc1. The van der Waals surface area contributed by atoms with Crippen LogP contribution in [0.15, 0.2) is 48.5 Å². The third-order valence-corrected chi connectivity index (χ3v) is 4.04. The molecule has 146 valence electrons. The molecule has 2 rings (SSSR count). The van der Waals surface area contributed by atoms with E-state index in [-0.39, 0.29) is 18.1 Å². The molecule has 0 saturated heterocycles. The lowest BCUT2D eigenvalue weighted by molar-refractivity contribution is -0.140. The van der Waals surface area contributed by atoms with Gasteiger partial charge in [-0.05, 0) is 54.8 Å². The maximum atomic E-state index is 12.3. The van der Waals surface area contributed by atoms with E-state index >= 15 is 0 Å². The molecule has 1 atom stereocenters. The minimum atomic E-state index is -0.657. The summed E-state index contributed by atoms with van der Waals surface area (Å²) in [5, 5.41) is 20.9. The zero-order valence-corrected chi connectivity index (χ0v) is 15.9. The highest BCUT2D eigenvalue weighted by Crippen LogP contribution is 2.25. The highest BCUT2D eigenvalue weighted by atomic mass is 32.1. The summed E-state index contributed by atoms with van der Waals surface area (Å²) in [5.41, 5.74) is 1.68. The number of benzene rings is 2. The fourth-order valence-electron chi connectivity index (χ4n) is 2.39. The minimum absolute atomic E-state index is 0.00485. The van der Waals surface area contributed by atoms with Gasteiger partial charge in [0.25, 0.3) is 0 Å². The van der Waals surface area contributed by atoms with Gasteiger partial charge in [0, 0.05) is 5.69 Å². The Morgan fingerprint density at radius 3 is 2.43 bits per heavy atom. The number of hydrogen-bond donors (Lipinski definition) is 3. The summed E-state index contributed by atoms with van der Waals surface area (Å²) in [6, 6.07) is 14.7. The van der Waals surface area contributed by atoms with E-state index in [1.54, 1.807) is 36.4 Å². The van der Waals surface area contributed by atoms with Crippen LogP contribution in [0.3, 0.4) is 0 Å². The van der Waals surface area contributed by atoms with Gasteiger partial charge in [-0.1, -0.05) is 12.1 Å². The Bertz CT molecular complexity index is 831. The van der Waals surface area contributed by atoms with Crippen molar-refractivity contribution in [2.24, 2.45) is 0 Å². The molecule has 2 aromatic carbocycles. The first kappa shape index (κ1) is 21.1. The molecule has 0 saturated carbocycles. The number of thiol groups is 1. The Labute approximate surface area is 168 Å². The molecule has 28 heavy (non-hydrogen) atoms. The number of anilines is 1. The number of phenols is 1. The smallest absolute Gasteiger partial charge is 0.412 e. The van der Waals surface area contributed by atoms with Crippen LogP contribution in [0.4, 0.5) is 10.5 Å². The number of esters is 1. The molecule has 8 heteroatoms. The first-order valence-electron chi connectivity index (χ1n) is 8.55. The molecule has 0 radical (unpaired) electrons. The molecule has 0 heterocycles. The van der Waals surface area contributed by atoms with Gasteiger partial charge in [0.15, 0.2) is 0 Å². The summed E-state index contributed by atoms with van der Waals surface area (Å²) in [6.45, 7) is 0.189. The van der Waals surface area contributed by atoms with E-state index in [2.05, 4.69) is 17.9 Å². The zero-order chi connectivity index (χ0) is 20.4. The number of carbonyl (C=O) groups is 2. The lowest BCUT2D eigenvalue weighted by atomic mass is 10.0. The Morgan fingerprint density at radius 1 is 1.14 bits per heavy atom. The third-order valence-electron chi connectivity index (χ3n) is 3.78. The topological polar surface area (TPSA) is 109 Å². The first-order chi connectivity index (χ1) is 13.5. The zero-order valence-electron chi connectivity index (χ0n) is 15.0. The predicted octanol–water partition coefficient (Wildman–Crippen LogP) is 3.81. The summed E-state index contributed by atoms with van der Waals surface area (Å²) >= 11 is 3.84. The highest BCUT2D eigenvalue weighted by molar-refractivity contribution is 7.81. The molecule has 0 bridgehead atoms. The second-order valence-electron chi connectivity index (χ2n) is 5.82. The monoisotopic (exact) mass is 400 g/mol. The third kappa shape index (κ3) is 6.85. The van der Waals surface area contributed by atoms with E-state index in [1.165, 1.54) is 12.1 Å². The molecule has 0 aliphatic heterocycles. The van der Waals surface area contributed by atoms with Crippen LogP contribution in [-0.2, 0) is 14.3 Å². The molecule has 0 aliphatic rings. The van der Waals surface area contributed by atoms with Gasteiger partial charge in [-0.3, -0.25) is 10.1 Å². The highest BCUT2D eigenvalue weighted by Gasteiger charge is 2.17. The molecule has 0 unspecified atom stereocenters. The van der Waals surface area contributed by atoms with Crippen molar-refractivity contribution in [1.82, 2.24) is 0 Å². The van der Waals surface area contributed by atoms with Crippen molar-refractivity contribution in [1.29, 1.82) is 5.26 Å². The number of nitrogens with one attached hydrogen (secondary N) is 1. The summed E-state index contributed by atoms with van der Waals surface area (Å²) in [4.78, 5) is 23.4. The van der Waals surface area contributed by atoms with Gasteiger partial charge in [0.05, 0.1) is 24.0 Å². The number of phenolic OH excluding ortho intramolecular Hbond substituents is 1. The fourth-order valence-corrected chi connectivity index (χ4v) is 2.48. The van der Waals surface area contributed by atoms with Crippen molar-refractivity contribution in [3.63, 3.8) is 0 Å². The van der Waals surface area contributed by atoms with Crippen LogP contribution < -0.4 is 5.32 Å². The molecule has 2 aromatic rings. The molecule has 0 aromatic heterocycles. The molecular formula is C20H20N2O5S. The Hall–Kier alpha value is -3.18. The van der Waals surface area contributed by atoms with E-state index in [9.17, 15) is 14.7 Å². The molecule has 1 amide bonds. The maximum Gasteiger partial charge on any atom is 0.412 e. The number of aromatic hydroxyl groups is 1. The van der Waals surface area contributed by atoms with E-state index in [0.717, 1.165) is 0 Å². The van der Waals surface area contributed by atoms with Crippen LogP contribution in [0.2, 0.25) is 0 Å². The largest absolute Gasteiger partial charge is 0.508 e. The van der Waals surface area contributed by atoms with Gasteiger partial charge in [-0.25, -0.2) is 4.79 Å². The van der Waals surface area contributed by atoms with Crippen LogP contribution >= 0.6 is 12.6 Å². The summed E-state index contributed by atoms with van der Waals surface area (Å²) in [5.74, 6) is -0.304. The number of carbonyl (C=O) groups excluding carboxylic acids is 2. The van der Waals surface area contributed by atoms with Gasteiger partial charge >= 0.3 is 12.1 Å². The van der Waals surface area contributed by atoms with Crippen LogP contribution in [0.1, 0.15) is 30.1 Å². The van der Waals surface area contributed by atoms with E-state index in [0.29, 0.717) is 29.7 Å². The van der Waals surface area contributed by atoms with Crippen molar-refractivity contribution in [2.75, 3.05) is 17.7 Å². The molecular weight excluding hydrogens is 380 g/mol. The average molecular weight is 400 g/mol. The van der Waals surface area contributed by atoms with E-state index in [1.807, 2.05) is 6.07 Å². The van der Waals surface area contributed by atoms with Gasteiger partial charge < -0.3 is 14.6 Å². The standard InChI is InChI=1S/C20H20N2O5S/c21-12-14-3-7-16(8-4-14)22-20(25)27-18(2-1-11-26-19(24)13-28)15-5-9-17(23)10-6-15/h3-10,18,23,28H,1-2,11,13H2,(H,22,25)/t18-/m1/s1. The molecule has 0 spiro atoms. The number of rotatable bonds is 8. The molecule has 0 fully saturated rings. The fraction of sp³-hybridized carbons (Fsp3) is 0.250. The average Bonchev–Trinajstić information content (AvgIpc) is 2.71. The van der Waals surface area contributed by atoms with Crippen molar-refractivity contribution < 1.29 is 24.2 Å². The number of hydrogen-bond acceptors (Lipinski definition) is 7. The lowest BCUT2D eigenvalue weighted by Crippen LogP contribution is -2.18. The lowest BCUT2D eigenvalue weighted by Gasteiger charge is -2.19. The Kier molecular flexibility index (Phi) is 8.18. The number of nitrogens with zero attached hydrogens (tertiary/aromatic N) is 1. The van der Waals surface area contributed by atoms with Gasteiger partial charge in [-0.15, -0.1) is 0 Å². The summed E-state index contributed by atoms with van der Waals surface area (Å²) in [6.07, 6.45) is -0.343. The van der Waals surface area contributed by atoms with Gasteiger partial charge in [-0.2, -0.15) is 17.9 Å². The summed E-state index contributed by atoms with van der Waals surface area (Å²) in [7, 11) is 0. The van der Waals surface area contributed by atoms with Gasteiger partial charge in [0.2, 0.25) is 0 Å². The molecule has 7 nitrogen and oxygen atoms in total. The van der Waals surface area contributed by atoms with Crippen molar-refractivity contribution in [3.05, 3.63) is 59.7 Å². The Balaban J connectivity index is 1.98. The van der Waals surface area contributed by atoms with Crippen LogP contribution in [-0.4, -0.2) is 29.5 Å². The maximum absolute atomic E-state index is 12.3. The van der Waals surface area contributed by atoms with Crippen LogP contribution in [0.25, 0.3) is 0 Å². The number of amides is 1.